The molecule has 1 aromatic rings. The molecule has 0 saturated heterocycles. The molecule has 0 unspecified atom stereocenters. The maximum atomic E-state index is 12.2. The van der Waals surface area contributed by atoms with Gasteiger partial charge in [0.05, 0.1) is 4.90 Å². The lowest BCUT2D eigenvalue weighted by Crippen LogP contribution is -2.42. The molecule has 0 aliphatic heterocycles. The van der Waals surface area contributed by atoms with Crippen LogP contribution in [-0.4, -0.2) is 14.0 Å². The molecule has 17 heavy (non-hydrogen) atoms. The molecule has 0 aromatic heterocycles. The van der Waals surface area contributed by atoms with Crippen LogP contribution in [0.4, 0.5) is 0 Å². The van der Waals surface area contributed by atoms with E-state index in [0.717, 1.165) is 17.5 Å². The Morgan fingerprint density at radius 2 is 1.76 bits per heavy atom. The quantitative estimate of drug-likeness (QED) is 0.899. The Morgan fingerprint density at radius 3 is 2.24 bits per heavy atom. The molecule has 0 spiro atoms. The van der Waals surface area contributed by atoms with Crippen LogP contribution in [0.25, 0.3) is 0 Å². The molecule has 4 heteroatoms. The van der Waals surface area contributed by atoms with Gasteiger partial charge < -0.3 is 0 Å². The van der Waals surface area contributed by atoms with E-state index in [0.29, 0.717) is 4.90 Å². The van der Waals surface area contributed by atoms with Gasteiger partial charge >= 0.3 is 0 Å². The summed E-state index contributed by atoms with van der Waals surface area (Å²) < 4.78 is 27.0. The lowest BCUT2D eigenvalue weighted by atomic mass is 10.0. The standard InChI is InChI=1S/C13H21NO2S/c1-6-13(4,5)14-17(15,16)12-8-7-10(2)11(3)9-12/h7-9,14H,6H2,1-5H3. The van der Waals surface area contributed by atoms with Gasteiger partial charge in [0.1, 0.15) is 0 Å². The lowest BCUT2D eigenvalue weighted by molar-refractivity contribution is 0.439. The van der Waals surface area contributed by atoms with Gasteiger partial charge in [-0.15, -0.1) is 0 Å². The molecular weight excluding hydrogens is 234 g/mol. The Kier molecular flexibility index (Phi) is 3.99. The lowest BCUT2D eigenvalue weighted by Gasteiger charge is -2.24. The monoisotopic (exact) mass is 255 g/mol. The van der Waals surface area contributed by atoms with Crippen molar-refractivity contribution in [2.24, 2.45) is 0 Å². The van der Waals surface area contributed by atoms with E-state index in [-0.39, 0.29) is 0 Å². The fourth-order valence-electron chi connectivity index (χ4n) is 1.38. The third-order valence-electron chi connectivity index (χ3n) is 3.08. The number of rotatable bonds is 4. The average molecular weight is 255 g/mol. The van der Waals surface area contributed by atoms with E-state index in [1.807, 2.05) is 40.7 Å². The first kappa shape index (κ1) is 14.2. The molecule has 0 saturated carbocycles. The molecule has 0 heterocycles. The Balaban J connectivity index is 3.10. The number of hydrogen-bond acceptors (Lipinski definition) is 2. The predicted molar refractivity (Wildman–Crippen MR) is 70.6 cm³/mol. The Labute approximate surface area is 104 Å². The van der Waals surface area contributed by atoms with Crippen LogP contribution in [0.15, 0.2) is 23.1 Å². The number of aryl methyl sites for hydroxylation is 2. The van der Waals surface area contributed by atoms with Gasteiger partial charge in [0, 0.05) is 5.54 Å². The fourth-order valence-corrected chi connectivity index (χ4v) is 2.94. The Morgan fingerprint density at radius 1 is 1.18 bits per heavy atom. The number of benzene rings is 1. The van der Waals surface area contributed by atoms with Crippen molar-refractivity contribution in [3.8, 4) is 0 Å². The highest BCUT2D eigenvalue weighted by Gasteiger charge is 2.24. The van der Waals surface area contributed by atoms with Crippen LogP contribution in [0.1, 0.15) is 38.3 Å². The second-order valence-electron chi connectivity index (χ2n) is 5.09. The van der Waals surface area contributed by atoms with Crippen molar-refractivity contribution in [3.05, 3.63) is 29.3 Å². The van der Waals surface area contributed by atoms with Gasteiger partial charge in [-0.05, 0) is 57.4 Å². The summed E-state index contributed by atoms with van der Waals surface area (Å²) in [6.45, 7) is 9.61. The number of hydrogen-bond donors (Lipinski definition) is 1. The zero-order chi connectivity index (χ0) is 13.3. The van der Waals surface area contributed by atoms with E-state index >= 15 is 0 Å². The van der Waals surface area contributed by atoms with Crippen molar-refractivity contribution >= 4 is 10.0 Å². The Hall–Kier alpha value is -0.870. The number of sulfonamides is 1. The van der Waals surface area contributed by atoms with E-state index in [9.17, 15) is 8.42 Å². The minimum absolute atomic E-state index is 0.335. The normalized spacial score (nSPS) is 12.8. The molecule has 1 N–H and O–H groups in total. The summed E-state index contributed by atoms with van der Waals surface area (Å²) in [4.78, 5) is 0.335. The van der Waals surface area contributed by atoms with Crippen LogP contribution >= 0.6 is 0 Å². The minimum Gasteiger partial charge on any atom is -0.207 e. The van der Waals surface area contributed by atoms with Gasteiger partial charge in [-0.1, -0.05) is 13.0 Å². The van der Waals surface area contributed by atoms with Crippen LogP contribution in [0.3, 0.4) is 0 Å². The SMILES string of the molecule is CCC(C)(C)NS(=O)(=O)c1ccc(C)c(C)c1. The van der Waals surface area contributed by atoms with E-state index in [1.165, 1.54) is 0 Å². The topological polar surface area (TPSA) is 46.2 Å². The molecule has 3 nitrogen and oxygen atoms in total. The van der Waals surface area contributed by atoms with Crippen LogP contribution in [0.2, 0.25) is 0 Å². The third kappa shape index (κ3) is 3.54. The van der Waals surface area contributed by atoms with E-state index < -0.39 is 15.6 Å². The summed E-state index contributed by atoms with van der Waals surface area (Å²) in [5.41, 5.74) is 1.67. The highest BCUT2D eigenvalue weighted by Crippen LogP contribution is 2.18. The van der Waals surface area contributed by atoms with Gasteiger partial charge in [-0.2, -0.15) is 0 Å². The maximum absolute atomic E-state index is 12.2. The smallest absolute Gasteiger partial charge is 0.207 e. The molecule has 0 aliphatic rings. The van der Waals surface area contributed by atoms with E-state index in [2.05, 4.69) is 4.72 Å². The maximum Gasteiger partial charge on any atom is 0.241 e. The summed E-state index contributed by atoms with van der Waals surface area (Å²) in [6, 6.07) is 5.20. The largest absolute Gasteiger partial charge is 0.241 e. The first-order chi connectivity index (χ1) is 7.68. The average Bonchev–Trinajstić information content (AvgIpc) is 2.20. The van der Waals surface area contributed by atoms with Gasteiger partial charge in [-0.3, -0.25) is 0 Å². The molecule has 0 atom stereocenters. The van der Waals surface area contributed by atoms with Crippen molar-refractivity contribution in [1.82, 2.24) is 4.72 Å². The van der Waals surface area contributed by atoms with Gasteiger partial charge in [0.2, 0.25) is 10.0 Å². The fraction of sp³-hybridized carbons (Fsp3) is 0.538. The molecular formula is C13H21NO2S. The summed E-state index contributed by atoms with van der Waals surface area (Å²) in [7, 11) is -3.42. The molecule has 1 rings (SSSR count). The summed E-state index contributed by atoms with van der Waals surface area (Å²) in [6.07, 6.45) is 0.747. The van der Waals surface area contributed by atoms with Crippen molar-refractivity contribution in [3.63, 3.8) is 0 Å². The third-order valence-corrected chi connectivity index (χ3v) is 4.78. The van der Waals surface area contributed by atoms with Crippen LogP contribution in [-0.2, 0) is 10.0 Å². The highest BCUT2D eigenvalue weighted by molar-refractivity contribution is 7.89. The molecule has 1 aromatic carbocycles. The second kappa shape index (κ2) is 4.78. The summed E-state index contributed by atoms with van der Waals surface area (Å²) >= 11 is 0. The first-order valence-corrected chi connectivity index (χ1v) is 7.27. The van der Waals surface area contributed by atoms with Crippen molar-refractivity contribution in [2.75, 3.05) is 0 Å². The zero-order valence-electron chi connectivity index (χ0n) is 11.2. The molecule has 0 aliphatic carbocycles. The molecule has 96 valence electrons. The van der Waals surface area contributed by atoms with Gasteiger partial charge in [-0.25, -0.2) is 13.1 Å². The number of nitrogens with one attached hydrogen (secondary N) is 1. The van der Waals surface area contributed by atoms with Crippen molar-refractivity contribution < 1.29 is 8.42 Å². The van der Waals surface area contributed by atoms with Crippen molar-refractivity contribution in [2.45, 2.75) is 51.5 Å². The van der Waals surface area contributed by atoms with Crippen LogP contribution < -0.4 is 4.72 Å². The van der Waals surface area contributed by atoms with Crippen LogP contribution in [0, 0.1) is 13.8 Å². The predicted octanol–water partition coefficient (Wildman–Crippen LogP) is 2.77. The first-order valence-electron chi connectivity index (χ1n) is 5.79. The zero-order valence-corrected chi connectivity index (χ0v) is 12.0. The Bertz CT molecular complexity index is 504. The van der Waals surface area contributed by atoms with E-state index in [1.54, 1.807) is 12.1 Å². The summed E-state index contributed by atoms with van der Waals surface area (Å²) in [5.74, 6) is 0. The van der Waals surface area contributed by atoms with Crippen molar-refractivity contribution in [1.29, 1.82) is 0 Å². The summed E-state index contributed by atoms with van der Waals surface area (Å²) in [5, 5.41) is 0. The van der Waals surface area contributed by atoms with Gasteiger partial charge in [0.25, 0.3) is 0 Å². The second-order valence-corrected chi connectivity index (χ2v) is 6.77. The molecule has 0 radical (unpaired) electrons. The van der Waals surface area contributed by atoms with E-state index in [4.69, 9.17) is 0 Å². The molecule has 0 fully saturated rings. The molecule has 0 amide bonds. The van der Waals surface area contributed by atoms with Gasteiger partial charge in [0.15, 0.2) is 0 Å². The highest BCUT2D eigenvalue weighted by atomic mass is 32.2. The van der Waals surface area contributed by atoms with Crippen LogP contribution in [0.5, 0.6) is 0 Å². The molecule has 0 bridgehead atoms. The minimum atomic E-state index is -3.42.